The number of aliphatic imine (C=N–C) groups is 2. The summed E-state index contributed by atoms with van der Waals surface area (Å²) in [5.74, 6) is -1.66. The summed E-state index contributed by atoms with van der Waals surface area (Å²) in [7, 11) is 0. The zero-order valence-electron chi connectivity index (χ0n) is 24.9. The Morgan fingerprint density at radius 3 is 1.27 bits per heavy atom. The van der Waals surface area contributed by atoms with E-state index in [0.717, 1.165) is 0 Å². The molecule has 0 aliphatic rings. The Labute approximate surface area is 260 Å². The number of hydrogen-bond donors (Lipinski definition) is 0. The number of isocyanates is 2. The summed E-state index contributed by atoms with van der Waals surface area (Å²) in [4.78, 5) is 75.0. The topological polar surface area (TPSA) is 173 Å². The van der Waals surface area contributed by atoms with E-state index in [0.29, 0.717) is 61.0 Å². The maximum atomic E-state index is 12.0. The van der Waals surface area contributed by atoms with Crippen LogP contribution in [0.1, 0.15) is 72.1 Å². The van der Waals surface area contributed by atoms with Crippen molar-refractivity contribution in [3.8, 4) is 0 Å². The SMILES string of the molecule is O=C=Nc1ccc(C(=O)OCCCCCC(=O)OCCOCCOC(=O)CCCCCOC(=O)c2ccc(N=C=O)cc2)cc1. The second-order valence-electron chi connectivity index (χ2n) is 9.45. The smallest absolute Gasteiger partial charge is 0.338 e. The van der Waals surface area contributed by atoms with E-state index < -0.39 is 11.9 Å². The van der Waals surface area contributed by atoms with Crippen molar-refractivity contribution in [2.24, 2.45) is 9.98 Å². The summed E-state index contributed by atoms with van der Waals surface area (Å²) in [6.07, 6.45) is 7.06. The Morgan fingerprint density at radius 2 is 0.889 bits per heavy atom. The van der Waals surface area contributed by atoms with Gasteiger partial charge in [0.1, 0.15) is 13.2 Å². The summed E-state index contributed by atoms with van der Waals surface area (Å²) in [5.41, 5.74) is 1.50. The van der Waals surface area contributed by atoms with E-state index in [9.17, 15) is 28.8 Å². The number of nitrogens with zero attached hydrogens (tertiary/aromatic N) is 2. The zero-order chi connectivity index (χ0) is 32.5. The fourth-order valence-corrected chi connectivity index (χ4v) is 3.72. The highest BCUT2D eigenvalue weighted by Gasteiger charge is 2.09. The molecule has 2 rings (SSSR count). The molecule has 0 amide bonds. The summed E-state index contributed by atoms with van der Waals surface area (Å²) in [5, 5.41) is 0. The number of unbranched alkanes of at least 4 members (excludes halogenated alkanes) is 4. The lowest BCUT2D eigenvalue weighted by Gasteiger charge is -2.08. The quantitative estimate of drug-likeness (QED) is 0.0575. The van der Waals surface area contributed by atoms with Crippen molar-refractivity contribution in [1.29, 1.82) is 0 Å². The minimum atomic E-state index is -0.479. The molecule has 2 aromatic carbocycles. The third kappa shape index (κ3) is 16.5. The first-order valence-electron chi connectivity index (χ1n) is 14.5. The van der Waals surface area contributed by atoms with Gasteiger partial charge in [-0.2, -0.15) is 9.98 Å². The van der Waals surface area contributed by atoms with Crippen LogP contribution < -0.4 is 0 Å². The van der Waals surface area contributed by atoms with Gasteiger partial charge in [-0.25, -0.2) is 19.2 Å². The molecule has 0 saturated carbocycles. The molecule has 240 valence electrons. The highest BCUT2D eigenvalue weighted by molar-refractivity contribution is 5.90. The summed E-state index contributed by atoms with van der Waals surface area (Å²) in [6, 6.07) is 12.1. The Balaban J connectivity index is 1.36. The molecule has 13 heteroatoms. The number of carbonyl (C=O) groups is 4. The second-order valence-corrected chi connectivity index (χ2v) is 9.45. The molecule has 0 bridgehead atoms. The monoisotopic (exact) mass is 624 g/mol. The Kier molecular flexibility index (Phi) is 18.2. The van der Waals surface area contributed by atoms with Crippen LogP contribution in [0, 0.1) is 0 Å². The lowest BCUT2D eigenvalue weighted by atomic mass is 10.2. The molecular weight excluding hydrogens is 588 g/mol. The maximum Gasteiger partial charge on any atom is 0.338 e. The summed E-state index contributed by atoms with van der Waals surface area (Å²) in [6.45, 7) is 0.972. The molecule has 0 aliphatic heterocycles. The van der Waals surface area contributed by atoms with Crippen LogP contribution in [0.3, 0.4) is 0 Å². The second kappa shape index (κ2) is 22.6. The van der Waals surface area contributed by atoms with Crippen molar-refractivity contribution >= 4 is 47.4 Å². The van der Waals surface area contributed by atoms with E-state index >= 15 is 0 Å². The predicted molar refractivity (Wildman–Crippen MR) is 159 cm³/mol. The first-order chi connectivity index (χ1) is 21.9. The van der Waals surface area contributed by atoms with Gasteiger partial charge < -0.3 is 23.7 Å². The minimum Gasteiger partial charge on any atom is -0.463 e. The number of carbonyl (C=O) groups excluding carboxylic acids is 6. The zero-order valence-corrected chi connectivity index (χ0v) is 24.9. The lowest BCUT2D eigenvalue weighted by Crippen LogP contribution is -2.14. The molecule has 45 heavy (non-hydrogen) atoms. The molecule has 0 aliphatic carbocycles. The van der Waals surface area contributed by atoms with E-state index in [1.807, 2.05) is 0 Å². The standard InChI is InChI=1S/C32H36N2O11/c35-23-33-27-13-9-25(10-14-27)31(39)44-17-5-1-3-7-29(37)42-21-19-41-20-22-43-30(38)8-4-2-6-18-45-32(40)26-11-15-28(16-12-26)34-24-36/h9-16H,1-8,17-22H2. The van der Waals surface area contributed by atoms with E-state index in [2.05, 4.69) is 9.98 Å². The van der Waals surface area contributed by atoms with Gasteiger partial charge in [0.05, 0.1) is 48.9 Å². The maximum absolute atomic E-state index is 12.0. The van der Waals surface area contributed by atoms with Gasteiger partial charge in [0, 0.05) is 12.8 Å². The number of ether oxygens (including phenoxy) is 5. The van der Waals surface area contributed by atoms with E-state index in [-0.39, 0.29) is 64.4 Å². The van der Waals surface area contributed by atoms with Crippen LogP contribution in [0.25, 0.3) is 0 Å². The van der Waals surface area contributed by atoms with Crippen molar-refractivity contribution < 1.29 is 52.5 Å². The first kappa shape index (κ1) is 36.2. The van der Waals surface area contributed by atoms with Crippen LogP contribution >= 0.6 is 0 Å². The molecule has 0 radical (unpaired) electrons. The van der Waals surface area contributed by atoms with E-state index in [1.54, 1.807) is 0 Å². The van der Waals surface area contributed by atoms with Gasteiger partial charge in [0.15, 0.2) is 0 Å². The lowest BCUT2D eigenvalue weighted by molar-refractivity contribution is -0.146. The number of hydrogen-bond acceptors (Lipinski definition) is 13. The van der Waals surface area contributed by atoms with Gasteiger partial charge in [0.25, 0.3) is 0 Å². The Bertz CT molecular complexity index is 1210. The molecule has 0 saturated heterocycles. The molecule has 0 aromatic heterocycles. The largest absolute Gasteiger partial charge is 0.463 e. The van der Waals surface area contributed by atoms with Gasteiger partial charge >= 0.3 is 23.9 Å². The normalized spacial score (nSPS) is 10.1. The molecule has 0 spiro atoms. The van der Waals surface area contributed by atoms with Gasteiger partial charge in [-0.1, -0.05) is 0 Å². The van der Waals surface area contributed by atoms with Gasteiger partial charge in [-0.05, 0) is 87.1 Å². The van der Waals surface area contributed by atoms with Gasteiger partial charge in [-0.3, -0.25) is 9.59 Å². The third-order valence-corrected chi connectivity index (χ3v) is 6.05. The summed E-state index contributed by atoms with van der Waals surface area (Å²) < 4.78 is 25.9. The number of esters is 4. The summed E-state index contributed by atoms with van der Waals surface area (Å²) >= 11 is 0. The average molecular weight is 625 g/mol. The molecule has 2 aromatic rings. The van der Waals surface area contributed by atoms with Crippen molar-refractivity contribution in [2.45, 2.75) is 51.4 Å². The van der Waals surface area contributed by atoms with E-state index in [1.165, 1.54) is 60.7 Å². The highest BCUT2D eigenvalue weighted by atomic mass is 16.6. The predicted octanol–water partition coefficient (Wildman–Crippen LogP) is 4.86. The molecule has 0 N–H and O–H groups in total. The van der Waals surface area contributed by atoms with Crippen LogP contribution in [-0.4, -0.2) is 75.7 Å². The fraction of sp³-hybridized carbons (Fsp3) is 0.438. The molecule has 0 heterocycles. The molecular formula is C32H36N2O11. The van der Waals surface area contributed by atoms with Crippen LogP contribution in [0.4, 0.5) is 11.4 Å². The van der Waals surface area contributed by atoms with Crippen molar-refractivity contribution in [2.75, 3.05) is 39.6 Å². The molecule has 0 unspecified atom stereocenters. The number of rotatable bonds is 22. The van der Waals surface area contributed by atoms with Crippen molar-refractivity contribution in [3.05, 3.63) is 59.7 Å². The van der Waals surface area contributed by atoms with E-state index in [4.69, 9.17) is 23.7 Å². The third-order valence-electron chi connectivity index (χ3n) is 6.05. The van der Waals surface area contributed by atoms with Crippen LogP contribution in [-0.2, 0) is 42.9 Å². The van der Waals surface area contributed by atoms with Crippen molar-refractivity contribution in [1.82, 2.24) is 0 Å². The minimum absolute atomic E-state index is 0.0892. The van der Waals surface area contributed by atoms with Gasteiger partial charge in [-0.15, -0.1) is 0 Å². The average Bonchev–Trinajstić information content (AvgIpc) is 3.04. The van der Waals surface area contributed by atoms with Crippen LogP contribution in [0.5, 0.6) is 0 Å². The molecule has 0 fully saturated rings. The molecule has 0 atom stereocenters. The van der Waals surface area contributed by atoms with Gasteiger partial charge in [0.2, 0.25) is 12.2 Å². The van der Waals surface area contributed by atoms with Crippen LogP contribution in [0.15, 0.2) is 58.5 Å². The fourth-order valence-electron chi connectivity index (χ4n) is 3.72. The number of benzene rings is 2. The molecule has 13 nitrogen and oxygen atoms in total. The Morgan fingerprint density at radius 1 is 0.489 bits per heavy atom. The Hall–Kier alpha value is -4.96. The van der Waals surface area contributed by atoms with Crippen LogP contribution in [0.2, 0.25) is 0 Å². The highest BCUT2D eigenvalue weighted by Crippen LogP contribution is 2.14. The van der Waals surface area contributed by atoms with Crippen molar-refractivity contribution in [3.63, 3.8) is 0 Å². The first-order valence-corrected chi connectivity index (χ1v) is 14.5.